The second kappa shape index (κ2) is 12.0. The molecule has 0 saturated carbocycles. The summed E-state index contributed by atoms with van der Waals surface area (Å²) in [6.45, 7) is 1.35. The van der Waals surface area contributed by atoms with E-state index < -0.39 is 0 Å². The second-order valence-corrected chi connectivity index (χ2v) is 8.80. The highest BCUT2D eigenvalue weighted by atomic mass is 16.5. The van der Waals surface area contributed by atoms with Gasteiger partial charge in [-0.05, 0) is 54.1 Å². The Balaban J connectivity index is 1.23. The lowest BCUT2D eigenvalue weighted by atomic mass is 10.1. The van der Waals surface area contributed by atoms with E-state index in [2.05, 4.69) is 26.7 Å². The molecule has 0 atom stereocenters. The largest absolute Gasteiger partial charge is 0.489 e. The maximum absolute atomic E-state index is 12.2. The monoisotopic (exact) mass is 506 g/mol. The quantitative estimate of drug-likeness (QED) is 0.353. The number of pyridine rings is 1. The Hall–Kier alpha value is -4.81. The zero-order valence-corrected chi connectivity index (χ0v) is 20.6. The number of hydrogen-bond donors (Lipinski definition) is 2. The van der Waals surface area contributed by atoms with Crippen LogP contribution < -0.4 is 15.4 Å². The highest BCUT2D eigenvalue weighted by Crippen LogP contribution is 2.27. The third-order valence-electron chi connectivity index (χ3n) is 6.06. The lowest BCUT2D eigenvalue weighted by molar-refractivity contribution is 0.0254. The molecule has 0 spiro atoms. The van der Waals surface area contributed by atoms with E-state index in [0.29, 0.717) is 48.1 Å². The van der Waals surface area contributed by atoms with Crippen LogP contribution in [0, 0.1) is 11.3 Å². The number of aromatic nitrogens is 3. The van der Waals surface area contributed by atoms with Gasteiger partial charge in [0.15, 0.2) is 0 Å². The van der Waals surface area contributed by atoms with Gasteiger partial charge >= 0.3 is 6.03 Å². The number of amides is 2. The Morgan fingerprint density at radius 2 is 1.84 bits per heavy atom. The predicted octanol–water partition coefficient (Wildman–Crippen LogP) is 5.20. The molecule has 0 unspecified atom stereocenters. The summed E-state index contributed by atoms with van der Waals surface area (Å²) >= 11 is 0. The summed E-state index contributed by atoms with van der Waals surface area (Å²) in [5.74, 6) is 1.24. The maximum Gasteiger partial charge on any atom is 0.323 e. The van der Waals surface area contributed by atoms with Gasteiger partial charge in [-0.1, -0.05) is 12.1 Å². The van der Waals surface area contributed by atoms with E-state index in [4.69, 9.17) is 14.5 Å². The third kappa shape index (κ3) is 6.49. The smallest absolute Gasteiger partial charge is 0.323 e. The van der Waals surface area contributed by atoms with Gasteiger partial charge in [0.05, 0.1) is 36.4 Å². The van der Waals surface area contributed by atoms with Crippen LogP contribution in [0.3, 0.4) is 0 Å². The summed E-state index contributed by atoms with van der Waals surface area (Å²) in [5.41, 5.74) is 4.31. The normalized spacial score (nSPS) is 13.3. The SMILES string of the molecule is N#Cc1cc(-c2ccnc(Cc3ccc(NC(=O)Nc4cccnc4)cc3)n2)ccc1OC1CCOCC1. The van der Waals surface area contributed by atoms with E-state index in [1.165, 1.54) is 0 Å². The molecule has 0 aliphatic carbocycles. The van der Waals surface area contributed by atoms with Crippen molar-refractivity contribution < 1.29 is 14.3 Å². The lowest BCUT2D eigenvalue weighted by Crippen LogP contribution is -2.26. The molecular weight excluding hydrogens is 480 g/mol. The number of anilines is 2. The van der Waals surface area contributed by atoms with Crippen molar-refractivity contribution in [1.82, 2.24) is 15.0 Å². The van der Waals surface area contributed by atoms with E-state index in [-0.39, 0.29) is 12.1 Å². The summed E-state index contributed by atoms with van der Waals surface area (Å²) in [7, 11) is 0. The third-order valence-corrected chi connectivity index (χ3v) is 6.06. The van der Waals surface area contributed by atoms with Gasteiger partial charge in [-0.3, -0.25) is 4.98 Å². The number of carbonyl (C=O) groups is 1. The number of benzene rings is 2. The van der Waals surface area contributed by atoms with Crippen LogP contribution in [-0.4, -0.2) is 40.3 Å². The van der Waals surface area contributed by atoms with Gasteiger partial charge in [-0.2, -0.15) is 5.26 Å². The topological polar surface area (TPSA) is 122 Å². The molecule has 4 aromatic rings. The van der Waals surface area contributed by atoms with Crippen LogP contribution in [0.4, 0.5) is 16.2 Å². The summed E-state index contributed by atoms with van der Waals surface area (Å²) in [5, 5.41) is 15.2. The number of carbonyl (C=O) groups excluding carboxylic acids is 1. The van der Waals surface area contributed by atoms with Crippen molar-refractivity contribution in [2.75, 3.05) is 23.8 Å². The first-order valence-electron chi connectivity index (χ1n) is 12.3. The van der Waals surface area contributed by atoms with Crippen molar-refractivity contribution in [3.05, 3.63) is 96.2 Å². The molecule has 2 aromatic carbocycles. The van der Waals surface area contributed by atoms with Crippen molar-refractivity contribution in [2.24, 2.45) is 0 Å². The van der Waals surface area contributed by atoms with Gasteiger partial charge in [0.25, 0.3) is 0 Å². The van der Waals surface area contributed by atoms with Crippen LogP contribution in [0.2, 0.25) is 0 Å². The number of rotatable bonds is 7. The highest BCUT2D eigenvalue weighted by Gasteiger charge is 2.17. The van der Waals surface area contributed by atoms with Crippen LogP contribution >= 0.6 is 0 Å². The van der Waals surface area contributed by atoms with Crippen LogP contribution in [-0.2, 0) is 11.2 Å². The standard InChI is InChI=1S/C29H26N6O3/c30-18-22-17-21(5-8-27(22)38-25-10-14-37-15-11-25)26-9-13-32-28(35-26)16-20-3-6-23(7-4-20)33-29(36)34-24-2-1-12-31-19-24/h1-9,12-13,17,19,25H,10-11,14-16H2,(H2,33,34,36). The first-order valence-corrected chi connectivity index (χ1v) is 12.3. The molecule has 3 heterocycles. The summed E-state index contributed by atoms with van der Waals surface area (Å²) in [6, 6.07) is 20.3. The Morgan fingerprint density at radius 3 is 2.61 bits per heavy atom. The van der Waals surface area contributed by atoms with Gasteiger partial charge in [0.1, 0.15) is 23.7 Å². The van der Waals surface area contributed by atoms with Gasteiger partial charge < -0.3 is 20.1 Å². The van der Waals surface area contributed by atoms with E-state index in [9.17, 15) is 10.1 Å². The van der Waals surface area contributed by atoms with Crippen molar-refractivity contribution in [3.8, 4) is 23.1 Å². The maximum atomic E-state index is 12.2. The minimum atomic E-state index is -0.345. The van der Waals surface area contributed by atoms with Crippen molar-refractivity contribution in [3.63, 3.8) is 0 Å². The molecule has 0 radical (unpaired) electrons. The average Bonchev–Trinajstić information content (AvgIpc) is 2.95. The van der Waals surface area contributed by atoms with Crippen LogP contribution in [0.15, 0.2) is 79.3 Å². The first kappa shape index (κ1) is 24.9. The number of ether oxygens (including phenoxy) is 2. The van der Waals surface area contributed by atoms with Gasteiger partial charge in [0, 0.05) is 42.9 Å². The summed E-state index contributed by atoms with van der Waals surface area (Å²) < 4.78 is 11.5. The van der Waals surface area contributed by atoms with Crippen LogP contribution in [0.1, 0.15) is 29.8 Å². The Kier molecular flexibility index (Phi) is 7.82. The Morgan fingerprint density at radius 1 is 1.03 bits per heavy atom. The lowest BCUT2D eigenvalue weighted by Gasteiger charge is -2.23. The van der Waals surface area contributed by atoms with E-state index in [1.807, 2.05) is 42.5 Å². The molecule has 1 saturated heterocycles. The molecule has 5 rings (SSSR count). The number of nitriles is 1. The first-order chi connectivity index (χ1) is 18.7. The Labute approximate surface area is 220 Å². The molecule has 2 aromatic heterocycles. The minimum absolute atomic E-state index is 0.0597. The van der Waals surface area contributed by atoms with Gasteiger partial charge in [0.2, 0.25) is 0 Å². The fourth-order valence-electron chi connectivity index (χ4n) is 4.12. The van der Waals surface area contributed by atoms with Crippen LogP contribution in [0.25, 0.3) is 11.3 Å². The molecule has 9 heteroatoms. The fourth-order valence-corrected chi connectivity index (χ4v) is 4.12. The number of nitrogens with one attached hydrogen (secondary N) is 2. The van der Waals surface area contributed by atoms with Gasteiger partial charge in [-0.15, -0.1) is 0 Å². The highest BCUT2D eigenvalue weighted by molar-refractivity contribution is 5.99. The summed E-state index contributed by atoms with van der Waals surface area (Å²) in [4.78, 5) is 25.3. The van der Waals surface area contributed by atoms with E-state index in [1.54, 1.807) is 36.8 Å². The van der Waals surface area contributed by atoms with Crippen LogP contribution in [0.5, 0.6) is 5.75 Å². The molecule has 190 valence electrons. The predicted molar refractivity (Wildman–Crippen MR) is 143 cm³/mol. The minimum Gasteiger partial charge on any atom is -0.489 e. The zero-order valence-electron chi connectivity index (χ0n) is 20.6. The number of urea groups is 1. The number of nitrogens with zero attached hydrogens (tertiary/aromatic N) is 4. The molecule has 1 fully saturated rings. The molecule has 2 N–H and O–H groups in total. The molecule has 9 nitrogen and oxygen atoms in total. The van der Waals surface area contributed by atoms with Crippen molar-refractivity contribution in [1.29, 1.82) is 5.26 Å². The zero-order chi connectivity index (χ0) is 26.2. The number of hydrogen-bond acceptors (Lipinski definition) is 7. The van der Waals surface area contributed by atoms with Crippen molar-refractivity contribution >= 4 is 17.4 Å². The van der Waals surface area contributed by atoms with E-state index in [0.717, 1.165) is 29.7 Å². The average molecular weight is 507 g/mol. The molecule has 38 heavy (non-hydrogen) atoms. The van der Waals surface area contributed by atoms with E-state index >= 15 is 0 Å². The molecule has 0 bridgehead atoms. The Bertz CT molecular complexity index is 1430. The summed E-state index contributed by atoms with van der Waals surface area (Å²) in [6.07, 6.45) is 7.15. The second-order valence-electron chi connectivity index (χ2n) is 8.80. The molecule has 2 amide bonds. The fraction of sp³-hybridized carbons (Fsp3) is 0.207. The molecule has 1 aliphatic heterocycles. The van der Waals surface area contributed by atoms with Crippen molar-refractivity contribution in [2.45, 2.75) is 25.4 Å². The molecule has 1 aliphatic rings. The molecular formula is C29H26N6O3. The van der Waals surface area contributed by atoms with Gasteiger partial charge in [-0.25, -0.2) is 14.8 Å².